The molecule has 0 saturated carbocycles. The van der Waals surface area contributed by atoms with E-state index in [1.54, 1.807) is 36.4 Å². The predicted octanol–water partition coefficient (Wildman–Crippen LogP) is 5.38. The van der Waals surface area contributed by atoms with Gasteiger partial charge in [0, 0.05) is 5.56 Å². The molecule has 0 amide bonds. The minimum absolute atomic E-state index is 0.325. The molecule has 10 heteroatoms. The number of benzene rings is 3. The summed E-state index contributed by atoms with van der Waals surface area (Å²) >= 11 is 0. The van der Waals surface area contributed by atoms with Gasteiger partial charge in [0.25, 0.3) is 0 Å². The van der Waals surface area contributed by atoms with Crippen LogP contribution in [0.3, 0.4) is 0 Å². The molecule has 0 radical (unpaired) electrons. The molecule has 160 valence electrons. The van der Waals surface area contributed by atoms with Crippen molar-refractivity contribution in [1.29, 1.82) is 0 Å². The zero-order valence-corrected chi connectivity index (χ0v) is 16.9. The lowest BCUT2D eigenvalue weighted by Crippen LogP contribution is -2.17. The summed E-state index contributed by atoms with van der Waals surface area (Å²) in [7, 11) is -3.35. The molecule has 1 heterocycles. The zero-order valence-electron chi connectivity index (χ0n) is 16.1. The third kappa shape index (κ3) is 5.22. The van der Waals surface area contributed by atoms with Gasteiger partial charge in [-0.3, -0.25) is 0 Å². The average Bonchev–Trinajstić information content (AvgIpc) is 3.09. The maximum atomic E-state index is 12.5. The van der Waals surface area contributed by atoms with Crippen LogP contribution >= 0.6 is 0 Å². The van der Waals surface area contributed by atoms with Crippen LogP contribution in [-0.2, 0) is 14.6 Å². The Labute approximate surface area is 176 Å². The van der Waals surface area contributed by atoms with Crippen LogP contribution in [0.15, 0.2) is 66.7 Å². The van der Waals surface area contributed by atoms with Gasteiger partial charge >= 0.3 is 6.36 Å². The molecule has 1 aromatic heterocycles. The Morgan fingerprint density at radius 1 is 1.00 bits per heavy atom. The Hall–Kier alpha value is -3.37. The van der Waals surface area contributed by atoms with Crippen LogP contribution < -0.4 is 9.46 Å². The number of aromatic nitrogens is 2. The predicted molar refractivity (Wildman–Crippen MR) is 112 cm³/mol. The summed E-state index contributed by atoms with van der Waals surface area (Å²) < 4.78 is 66.5. The maximum absolute atomic E-state index is 12.5. The fourth-order valence-corrected chi connectivity index (χ4v) is 3.68. The second-order valence-corrected chi connectivity index (χ2v) is 8.59. The van der Waals surface area contributed by atoms with E-state index in [2.05, 4.69) is 19.4 Å². The molecule has 1 atom stereocenters. The molecule has 6 nitrogen and oxygen atoms in total. The molecule has 0 spiro atoms. The number of sulfonamides is 1. The number of anilines is 1. The lowest BCUT2D eigenvalue weighted by atomic mass is 10.0. The van der Waals surface area contributed by atoms with Gasteiger partial charge in [-0.25, -0.2) is 9.71 Å². The standard InChI is InChI=1S/C21H16F3N3O3S/c1-31(28,29)27-16-8-5-13(6-9-16)14-7-10-18-19(12-14)26-20(25-18)15-3-2-4-17(11-15)30-21(22,23)24/h2-12H,1H3,(H2-,25,26,27,28,29). The Bertz CT molecular complexity index is 1280. The first-order valence-corrected chi connectivity index (χ1v) is 10.9. The van der Waals surface area contributed by atoms with Crippen LogP contribution in [0.2, 0.25) is 0 Å². The summed E-state index contributed by atoms with van der Waals surface area (Å²) in [6.45, 7) is 0. The molecule has 31 heavy (non-hydrogen) atoms. The minimum atomic E-state index is -4.77. The third-order valence-electron chi connectivity index (χ3n) is 4.34. The van der Waals surface area contributed by atoms with Crippen molar-refractivity contribution in [3.05, 3.63) is 66.7 Å². The van der Waals surface area contributed by atoms with E-state index >= 15 is 0 Å². The van der Waals surface area contributed by atoms with Gasteiger partial charge in [0.1, 0.15) is 28.2 Å². The Morgan fingerprint density at radius 2 is 1.71 bits per heavy atom. The van der Waals surface area contributed by atoms with E-state index in [-0.39, 0.29) is 5.75 Å². The molecule has 4 aromatic rings. The smallest absolute Gasteiger partial charge is 0.573 e. The first-order valence-electron chi connectivity index (χ1n) is 9.00. The molecule has 0 aliphatic heterocycles. The van der Waals surface area contributed by atoms with E-state index in [0.29, 0.717) is 28.1 Å². The lowest BCUT2D eigenvalue weighted by molar-refractivity contribution is -0.274. The van der Waals surface area contributed by atoms with E-state index < -0.39 is 16.8 Å². The Balaban J connectivity index is 1.62. The molecule has 0 aliphatic rings. The number of imidazole rings is 1. The van der Waals surface area contributed by atoms with Crippen molar-refractivity contribution in [2.45, 2.75) is 6.36 Å². The van der Waals surface area contributed by atoms with Gasteiger partial charge in [-0.05, 0) is 47.5 Å². The molecule has 1 unspecified atom stereocenters. The van der Waals surface area contributed by atoms with E-state index in [4.69, 9.17) is 0 Å². The number of halogens is 3. The quantitative estimate of drug-likeness (QED) is 0.402. The van der Waals surface area contributed by atoms with Gasteiger partial charge in [-0.2, -0.15) is 0 Å². The average molecular weight is 447 g/mol. The molecule has 0 fully saturated rings. The van der Waals surface area contributed by atoms with Crippen LogP contribution in [0.25, 0.3) is 33.5 Å². The molecule has 3 aromatic carbocycles. The minimum Gasteiger partial charge on any atom is -0.593 e. The second-order valence-electron chi connectivity index (χ2n) is 6.84. The number of fused-ring (bicyclic) bond motifs is 1. The van der Waals surface area contributed by atoms with E-state index in [9.17, 15) is 21.9 Å². The number of rotatable bonds is 5. The summed E-state index contributed by atoms with van der Waals surface area (Å²) in [5.74, 6) is 0.0846. The van der Waals surface area contributed by atoms with Crippen molar-refractivity contribution < 1.29 is 26.7 Å². The van der Waals surface area contributed by atoms with Gasteiger partial charge in [0.05, 0.1) is 16.7 Å². The Kier molecular flexibility index (Phi) is 5.19. The first kappa shape index (κ1) is 20.9. The number of nitrogens with zero attached hydrogens (tertiary/aromatic N) is 1. The molecule has 4 rings (SSSR count). The first-order chi connectivity index (χ1) is 14.6. The number of alkyl halides is 3. The van der Waals surface area contributed by atoms with Crippen molar-refractivity contribution in [2.75, 3.05) is 11.0 Å². The highest BCUT2D eigenvalue weighted by molar-refractivity contribution is 7.98. The van der Waals surface area contributed by atoms with Crippen molar-refractivity contribution in [2.24, 2.45) is 0 Å². The third-order valence-corrected chi connectivity index (χ3v) is 4.95. The summed E-state index contributed by atoms with van der Waals surface area (Å²) in [6.07, 6.45) is -3.69. The molecule has 0 bridgehead atoms. The van der Waals surface area contributed by atoms with Gasteiger partial charge in [-0.15, -0.1) is 13.2 Å². The van der Waals surface area contributed by atoms with Crippen LogP contribution in [-0.4, -0.2) is 27.1 Å². The normalized spacial score (nSPS) is 13.7. The second kappa shape index (κ2) is 7.71. The van der Waals surface area contributed by atoms with Gasteiger partial charge < -0.3 is 14.3 Å². The van der Waals surface area contributed by atoms with Crippen LogP contribution in [0.5, 0.6) is 5.75 Å². The number of aromatic amines is 1. The summed E-state index contributed by atoms with van der Waals surface area (Å²) in [5, 5.41) is 0. The van der Waals surface area contributed by atoms with Crippen molar-refractivity contribution in [1.82, 2.24) is 9.97 Å². The number of hydrogen-bond donors (Lipinski definition) is 2. The van der Waals surface area contributed by atoms with Gasteiger partial charge in [0.2, 0.25) is 0 Å². The Morgan fingerprint density at radius 3 is 2.39 bits per heavy atom. The largest absolute Gasteiger partial charge is 0.593 e. The number of hydrogen-bond acceptors (Lipinski definition) is 4. The van der Waals surface area contributed by atoms with Crippen LogP contribution in [0.1, 0.15) is 0 Å². The summed E-state index contributed by atoms with van der Waals surface area (Å²) in [6, 6.07) is 18.0. The monoisotopic (exact) mass is 447 g/mol. The van der Waals surface area contributed by atoms with E-state index in [1.165, 1.54) is 18.2 Å². The fourth-order valence-electron chi connectivity index (χ4n) is 3.11. The number of ether oxygens (including phenoxy) is 1. The summed E-state index contributed by atoms with van der Waals surface area (Å²) in [5.41, 5.74) is 3.98. The van der Waals surface area contributed by atoms with E-state index in [0.717, 1.165) is 17.4 Å². The molecule has 0 aliphatic carbocycles. The van der Waals surface area contributed by atoms with E-state index in [1.807, 2.05) is 12.1 Å². The van der Waals surface area contributed by atoms with Crippen molar-refractivity contribution in [3.63, 3.8) is 0 Å². The van der Waals surface area contributed by atoms with Crippen molar-refractivity contribution in [3.8, 4) is 28.3 Å². The van der Waals surface area contributed by atoms with Crippen LogP contribution in [0.4, 0.5) is 18.9 Å². The lowest BCUT2D eigenvalue weighted by Gasteiger charge is -2.11. The van der Waals surface area contributed by atoms with Gasteiger partial charge in [0.15, 0.2) is 0 Å². The maximum Gasteiger partial charge on any atom is 0.573 e. The SMILES string of the molecule is C[S+](=O)([O-])Nc1ccc(-c2ccc3nc(-c4cccc(OC(F)(F)F)c4)[nH]c3c2)cc1. The highest BCUT2D eigenvalue weighted by atomic mass is 32.3. The number of nitrogens with one attached hydrogen (secondary N) is 2. The van der Waals surface area contributed by atoms with Crippen molar-refractivity contribution >= 4 is 27.1 Å². The fraction of sp³-hybridized carbons (Fsp3) is 0.0952. The zero-order chi connectivity index (χ0) is 22.2. The highest BCUT2D eigenvalue weighted by Crippen LogP contribution is 2.30. The highest BCUT2D eigenvalue weighted by Gasteiger charge is 2.31. The van der Waals surface area contributed by atoms with Gasteiger partial charge in [-0.1, -0.05) is 34.5 Å². The molecule has 2 N–H and O–H groups in total. The molecular weight excluding hydrogens is 431 g/mol. The topological polar surface area (TPSA) is 90.1 Å². The molecule has 0 saturated heterocycles. The summed E-state index contributed by atoms with van der Waals surface area (Å²) in [4.78, 5) is 7.56. The molecular formula is C21H16F3N3O3S. The number of H-pyrrole nitrogens is 1. The van der Waals surface area contributed by atoms with Crippen LogP contribution in [0, 0.1) is 0 Å².